The number of aliphatic hydroxyl groups excluding tert-OH is 3. The highest BCUT2D eigenvalue weighted by atomic mass is 16.4. The van der Waals surface area contributed by atoms with Gasteiger partial charge in [-0.2, -0.15) is 0 Å². The molecule has 0 unspecified atom stereocenters. The van der Waals surface area contributed by atoms with Crippen molar-refractivity contribution < 1.29 is 25.2 Å². The lowest BCUT2D eigenvalue weighted by molar-refractivity contribution is -0.237. The minimum atomic E-state index is -0.741. The molecule has 4 N–H and O–H groups in total. The molecule has 0 aromatic heterocycles. The van der Waals surface area contributed by atoms with Crippen LogP contribution in [0.2, 0.25) is 0 Å². The average Bonchev–Trinajstić information content (AvgIpc) is 2.76. The van der Waals surface area contributed by atoms with Crippen LogP contribution >= 0.6 is 0 Å². The summed E-state index contributed by atoms with van der Waals surface area (Å²) in [5.74, 6) is -0.102. The smallest absolute Gasteiger partial charge is 0.310 e. The van der Waals surface area contributed by atoms with Crippen molar-refractivity contribution in [3.63, 3.8) is 0 Å². The molecular weight excluding hydrogens is 440 g/mol. The molecule has 0 aromatic carbocycles. The normalized spacial score (nSPS) is 52.3. The number of aliphatic carboxylic acids is 1. The molecule has 0 radical (unpaired) electrons. The lowest BCUT2D eigenvalue weighted by Gasteiger charge is -2.71. The molecule has 0 spiro atoms. The summed E-state index contributed by atoms with van der Waals surface area (Å²) in [5, 5.41) is 43.6. The van der Waals surface area contributed by atoms with Gasteiger partial charge in [-0.05, 0) is 97.2 Å². The van der Waals surface area contributed by atoms with E-state index in [9.17, 15) is 25.2 Å². The van der Waals surface area contributed by atoms with E-state index in [1.165, 1.54) is 5.57 Å². The first-order valence-corrected chi connectivity index (χ1v) is 14.0. The third kappa shape index (κ3) is 3.07. The number of rotatable bonds is 2. The van der Waals surface area contributed by atoms with Gasteiger partial charge in [0, 0.05) is 5.41 Å². The van der Waals surface area contributed by atoms with Gasteiger partial charge in [0.15, 0.2) is 0 Å². The lowest BCUT2D eigenvalue weighted by atomic mass is 9.33. The zero-order chi connectivity index (χ0) is 25.8. The lowest BCUT2D eigenvalue weighted by Crippen LogP contribution is -2.68. The molecule has 0 saturated heterocycles. The van der Waals surface area contributed by atoms with E-state index in [0.29, 0.717) is 18.8 Å². The molecule has 9 atom stereocenters. The topological polar surface area (TPSA) is 98.0 Å². The molecule has 0 heterocycles. The number of hydrogen-bond donors (Lipinski definition) is 4. The molecule has 0 aromatic rings. The van der Waals surface area contributed by atoms with E-state index in [2.05, 4.69) is 47.6 Å². The molecule has 5 rings (SSSR count). The molecule has 5 aliphatic carbocycles. The number of fused-ring (bicyclic) bond motifs is 7. The third-order valence-electron chi connectivity index (χ3n) is 12.9. The molecule has 4 fully saturated rings. The highest BCUT2D eigenvalue weighted by Gasteiger charge is 2.71. The van der Waals surface area contributed by atoms with Gasteiger partial charge < -0.3 is 20.4 Å². The van der Waals surface area contributed by atoms with Crippen molar-refractivity contribution in [3.05, 3.63) is 11.6 Å². The van der Waals surface area contributed by atoms with Gasteiger partial charge in [-0.1, -0.05) is 53.2 Å². The number of carboxylic acids is 1. The molecule has 0 aliphatic heterocycles. The molecule has 5 nitrogen and oxygen atoms in total. The second-order valence-electron chi connectivity index (χ2n) is 15.1. The first kappa shape index (κ1) is 25.7. The van der Waals surface area contributed by atoms with Gasteiger partial charge in [0.05, 0.1) is 24.2 Å². The van der Waals surface area contributed by atoms with Crippen molar-refractivity contribution >= 4 is 5.97 Å². The van der Waals surface area contributed by atoms with Gasteiger partial charge in [0.1, 0.15) is 0 Å². The van der Waals surface area contributed by atoms with Crippen LogP contribution in [-0.2, 0) is 4.79 Å². The first-order chi connectivity index (χ1) is 16.1. The van der Waals surface area contributed by atoms with Crippen LogP contribution in [0.1, 0.15) is 99.3 Å². The molecule has 35 heavy (non-hydrogen) atoms. The number of aliphatic hydroxyl groups is 3. The Morgan fingerprint density at radius 3 is 2.23 bits per heavy atom. The fourth-order valence-electron chi connectivity index (χ4n) is 10.9. The van der Waals surface area contributed by atoms with E-state index in [0.717, 1.165) is 44.9 Å². The van der Waals surface area contributed by atoms with Crippen molar-refractivity contribution in [2.75, 3.05) is 6.61 Å². The monoisotopic (exact) mass is 488 g/mol. The zero-order valence-corrected chi connectivity index (χ0v) is 22.7. The van der Waals surface area contributed by atoms with E-state index in [1.807, 2.05) is 0 Å². The van der Waals surface area contributed by atoms with Crippen molar-refractivity contribution in [3.8, 4) is 0 Å². The Morgan fingerprint density at radius 1 is 0.943 bits per heavy atom. The third-order valence-corrected chi connectivity index (χ3v) is 12.9. The van der Waals surface area contributed by atoms with Crippen LogP contribution in [0.3, 0.4) is 0 Å². The SMILES string of the molecule is CC1(C)CC[C@]2(C(=O)O)CC[C@]3(CO)C(=CC[C@@H]4[C@@]5(C)C[C@@H](O)[C@H](O)C(C)(C)[C@@H]5CC[C@]43C)[C@@H]2C1. The van der Waals surface area contributed by atoms with Crippen molar-refractivity contribution in [2.24, 2.45) is 50.2 Å². The summed E-state index contributed by atoms with van der Waals surface area (Å²) < 4.78 is 0. The molecule has 5 heteroatoms. The van der Waals surface area contributed by atoms with Crippen LogP contribution in [0.25, 0.3) is 0 Å². The first-order valence-electron chi connectivity index (χ1n) is 14.0. The minimum absolute atomic E-state index is 0.0248. The fourth-order valence-corrected chi connectivity index (χ4v) is 10.9. The van der Waals surface area contributed by atoms with E-state index in [4.69, 9.17) is 0 Å². The second-order valence-corrected chi connectivity index (χ2v) is 15.1. The summed E-state index contributed by atoms with van der Waals surface area (Å²) in [6, 6.07) is 0. The van der Waals surface area contributed by atoms with E-state index in [-0.39, 0.29) is 40.1 Å². The van der Waals surface area contributed by atoms with E-state index >= 15 is 0 Å². The molecule has 4 saturated carbocycles. The largest absolute Gasteiger partial charge is 0.481 e. The van der Waals surface area contributed by atoms with Crippen molar-refractivity contribution in [1.29, 1.82) is 0 Å². The molecule has 0 amide bonds. The molecular formula is C30H48O5. The van der Waals surface area contributed by atoms with Gasteiger partial charge in [0.25, 0.3) is 0 Å². The van der Waals surface area contributed by atoms with Crippen LogP contribution in [0, 0.1) is 50.2 Å². The predicted molar refractivity (Wildman–Crippen MR) is 135 cm³/mol. The van der Waals surface area contributed by atoms with Crippen LogP contribution in [0.15, 0.2) is 11.6 Å². The van der Waals surface area contributed by atoms with Gasteiger partial charge in [-0.15, -0.1) is 0 Å². The number of carboxylic acid groups (broad SMARTS) is 1. The Morgan fingerprint density at radius 2 is 1.60 bits per heavy atom. The predicted octanol–water partition coefficient (Wildman–Crippen LogP) is 5.18. The number of carbonyl (C=O) groups is 1. The summed E-state index contributed by atoms with van der Waals surface area (Å²) >= 11 is 0. The molecule has 5 aliphatic rings. The van der Waals surface area contributed by atoms with Crippen molar-refractivity contribution in [2.45, 2.75) is 112 Å². The maximum Gasteiger partial charge on any atom is 0.310 e. The second kappa shape index (κ2) is 7.57. The Hall–Kier alpha value is -0.910. The average molecular weight is 489 g/mol. The van der Waals surface area contributed by atoms with Crippen LogP contribution in [0.5, 0.6) is 0 Å². The highest BCUT2D eigenvalue weighted by Crippen LogP contribution is 2.75. The summed E-state index contributed by atoms with van der Waals surface area (Å²) in [7, 11) is 0. The number of hydrogen-bond acceptors (Lipinski definition) is 4. The Labute approximate surface area is 211 Å². The van der Waals surface area contributed by atoms with Crippen LogP contribution < -0.4 is 0 Å². The summed E-state index contributed by atoms with van der Waals surface area (Å²) in [6.45, 7) is 13.5. The van der Waals surface area contributed by atoms with Gasteiger partial charge in [-0.3, -0.25) is 4.79 Å². The summed E-state index contributed by atoms with van der Waals surface area (Å²) in [4.78, 5) is 12.8. The highest BCUT2D eigenvalue weighted by molar-refractivity contribution is 5.76. The van der Waals surface area contributed by atoms with Gasteiger partial charge in [0.2, 0.25) is 0 Å². The van der Waals surface area contributed by atoms with E-state index in [1.54, 1.807) is 0 Å². The van der Waals surface area contributed by atoms with Crippen LogP contribution in [-0.4, -0.2) is 45.2 Å². The van der Waals surface area contributed by atoms with E-state index < -0.39 is 29.0 Å². The zero-order valence-electron chi connectivity index (χ0n) is 22.7. The molecule has 0 bridgehead atoms. The fraction of sp³-hybridized carbons (Fsp3) is 0.900. The maximum atomic E-state index is 12.8. The Balaban J connectivity index is 1.64. The Bertz CT molecular complexity index is 937. The summed E-state index contributed by atoms with van der Waals surface area (Å²) in [5.41, 5.74) is -0.476. The molecule has 198 valence electrons. The van der Waals surface area contributed by atoms with Crippen molar-refractivity contribution in [1.82, 2.24) is 0 Å². The Kier molecular flexibility index (Phi) is 5.56. The maximum absolute atomic E-state index is 12.8. The summed E-state index contributed by atoms with van der Waals surface area (Å²) in [6.07, 6.45) is 8.16. The quantitative estimate of drug-likeness (QED) is 0.402. The van der Waals surface area contributed by atoms with Gasteiger partial charge in [-0.25, -0.2) is 0 Å². The standard InChI is InChI=1S/C30H48O5/c1-25(2)11-12-29(24(34)35)13-14-30(17-31)18(19(29)15-25)7-8-22-27(5)16-20(32)23(33)26(3,4)21(27)9-10-28(22,30)6/h7,19-23,31-33H,8-17H2,1-6H3,(H,34,35)/t19-,20+,21-,22+,23-,27-,28+,29-,30-/m0/s1. The van der Waals surface area contributed by atoms with Crippen LogP contribution in [0.4, 0.5) is 0 Å². The number of allylic oxidation sites excluding steroid dienone is 1. The minimum Gasteiger partial charge on any atom is -0.481 e. The van der Waals surface area contributed by atoms with Gasteiger partial charge >= 0.3 is 5.97 Å².